The summed E-state index contributed by atoms with van der Waals surface area (Å²) in [6.07, 6.45) is 0.876. The van der Waals surface area contributed by atoms with Crippen LogP contribution in [0.25, 0.3) is 0 Å². The van der Waals surface area contributed by atoms with Gasteiger partial charge >= 0.3 is 0 Å². The number of hydrogen-bond acceptors (Lipinski definition) is 7. The van der Waals surface area contributed by atoms with Crippen LogP contribution in [0, 0.1) is 0 Å². The van der Waals surface area contributed by atoms with Crippen LogP contribution in [0.4, 0.5) is 5.69 Å². The predicted octanol–water partition coefficient (Wildman–Crippen LogP) is 3.42. The lowest BCUT2D eigenvalue weighted by atomic mass is 10.1. The van der Waals surface area contributed by atoms with Crippen LogP contribution in [-0.2, 0) is 17.8 Å². The van der Waals surface area contributed by atoms with E-state index < -0.39 is 0 Å². The van der Waals surface area contributed by atoms with E-state index in [0.29, 0.717) is 41.6 Å². The molecule has 2 amide bonds. The number of piperazine rings is 1. The molecule has 1 aromatic heterocycles. The summed E-state index contributed by atoms with van der Waals surface area (Å²) in [5.41, 5.74) is 2.01. The fourth-order valence-corrected chi connectivity index (χ4v) is 4.54. The first kappa shape index (κ1) is 25.5. The largest absolute Gasteiger partial charge is 0.485 e. The van der Waals surface area contributed by atoms with E-state index in [0.717, 1.165) is 25.1 Å². The Kier molecular flexibility index (Phi) is 7.46. The third-order valence-electron chi connectivity index (χ3n) is 6.88. The lowest BCUT2D eigenvalue weighted by molar-refractivity contribution is -0.121. The molecule has 9 nitrogen and oxygen atoms in total. The van der Waals surface area contributed by atoms with Gasteiger partial charge in [0.05, 0.1) is 12.2 Å². The van der Waals surface area contributed by atoms with E-state index in [1.807, 2.05) is 31.3 Å². The molecule has 0 N–H and O–H groups in total. The van der Waals surface area contributed by atoms with Crippen molar-refractivity contribution < 1.29 is 28.3 Å². The Labute approximate surface area is 221 Å². The van der Waals surface area contributed by atoms with Crippen LogP contribution in [0.2, 0.25) is 0 Å². The van der Waals surface area contributed by atoms with Crippen LogP contribution < -0.4 is 14.4 Å². The van der Waals surface area contributed by atoms with Crippen molar-refractivity contribution in [1.29, 1.82) is 0 Å². The van der Waals surface area contributed by atoms with E-state index in [-0.39, 0.29) is 43.1 Å². The molecule has 3 aromatic rings. The SMILES string of the molecule is CCc1cccc(OCC(=O)c2ccc3c(c2)N(Cc2ccc(C(=O)N4CCN(C)CC4)o2)C(=O)CO3)c1. The molecule has 0 radical (unpaired) electrons. The summed E-state index contributed by atoms with van der Waals surface area (Å²) in [6, 6.07) is 16.0. The van der Waals surface area contributed by atoms with Gasteiger partial charge in [-0.2, -0.15) is 0 Å². The minimum atomic E-state index is -0.266. The number of Topliss-reactive ketones (excluding diaryl/α,β-unsaturated/α-hetero) is 1. The quantitative estimate of drug-likeness (QED) is 0.423. The number of fused-ring (bicyclic) bond motifs is 1. The number of amides is 2. The smallest absolute Gasteiger partial charge is 0.289 e. The van der Waals surface area contributed by atoms with Gasteiger partial charge in [0, 0.05) is 31.7 Å². The van der Waals surface area contributed by atoms with Crippen LogP contribution in [0.15, 0.2) is 59.0 Å². The molecule has 1 saturated heterocycles. The maximum Gasteiger partial charge on any atom is 0.289 e. The second-order valence-electron chi connectivity index (χ2n) is 9.53. The highest BCUT2D eigenvalue weighted by Gasteiger charge is 2.29. The molecule has 0 aliphatic carbocycles. The Morgan fingerprint density at radius 2 is 1.82 bits per heavy atom. The fourth-order valence-electron chi connectivity index (χ4n) is 4.54. The van der Waals surface area contributed by atoms with Crippen molar-refractivity contribution >= 4 is 23.3 Å². The zero-order chi connectivity index (χ0) is 26.6. The maximum atomic E-state index is 12.9. The monoisotopic (exact) mass is 517 g/mol. The number of carbonyl (C=O) groups is 3. The number of likely N-dealkylation sites (N-methyl/N-ethyl adjacent to an activating group) is 1. The predicted molar refractivity (Wildman–Crippen MR) is 141 cm³/mol. The lowest BCUT2D eigenvalue weighted by Gasteiger charge is -2.31. The van der Waals surface area contributed by atoms with Crippen LogP contribution in [0.3, 0.4) is 0 Å². The minimum Gasteiger partial charge on any atom is -0.485 e. The molecule has 38 heavy (non-hydrogen) atoms. The van der Waals surface area contributed by atoms with Gasteiger partial charge in [0.25, 0.3) is 11.8 Å². The van der Waals surface area contributed by atoms with Crippen LogP contribution in [0.5, 0.6) is 11.5 Å². The zero-order valence-corrected chi connectivity index (χ0v) is 21.6. The average Bonchev–Trinajstić information content (AvgIpc) is 3.42. The van der Waals surface area contributed by atoms with E-state index in [2.05, 4.69) is 11.8 Å². The second-order valence-corrected chi connectivity index (χ2v) is 9.53. The second kappa shape index (κ2) is 11.1. The Bertz CT molecular complexity index is 1340. The van der Waals surface area contributed by atoms with Crippen LogP contribution in [0.1, 0.15) is 39.2 Å². The number of hydrogen-bond donors (Lipinski definition) is 0. The van der Waals surface area contributed by atoms with Crippen LogP contribution in [-0.4, -0.2) is 73.8 Å². The first-order chi connectivity index (χ1) is 18.4. The molecule has 0 atom stereocenters. The van der Waals surface area contributed by atoms with Crippen molar-refractivity contribution in [3.8, 4) is 11.5 Å². The number of rotatable bonds is 8. The Morgan fingerprint density at radius 1 is 1.00 bits per heavy atom. The van der Waals surface area contributed by atoms with Gasteiger partial charge in [-0.15, -0.1) is 0 Å². The maximum absolute atomic E-state index is 12.9. The zero-order valence-electron chi connectivity index (χ0n) is 21.6. The van der Waals surface area contributed by atoms with Crippen molar-refractivity contribution in [2.75, 3.05) is 51.3 Å². The van der Waals surface area contributed by atoms with Gasteiger partial charge in [0.1, 0.15) is 17.3 Å². The molecular weight excluding hydrogens is 486 g/mol. The molecular formula is C29H31N3O6. The van der Waals surface area contributed by atoms with Crippen molar-refractivity contribution in [1.82, 2.24) is 9.80 Å². The molecule has 1 fully saturated rings. The summed E-state index contributed by atoms with van der Waals surface area (Å²) >= 11 is 0. The molecule has 2 aromatic carbocycles. The molecule has 3 heterocycles. The number of carbonyl (C=O) groups excluding carboxylic acids is 3. The summed E-state index contributed by atoms with van der Waals surface area (Å²) in [5.74, 6) is 1.21. The molecule has 2 aliphatic rings. The third kappa shape index (κ3) is 5.57. The van der Waals surface area contributed by atoms with E-state index in [4.69, 9.17) is 13.9 Å². The van der Waals surface area contributed by atoms with E-state index in [1.54, 1.807) is 35.2 Å². The molecule has 5 rings (SSSR count). The van der Waals surface area contributed by atoms with Crippen molar-refractivity contribution in [3.63, 3.8) is 0 Å². The number of anilines is 1. The highest BCUT2D eigenvalue weighted by Crippen LogP contribution is 2.34. The summed E-state index contributed by atoms with van der Waals surface area (Å²) in [4.78, 5) is 44.0. The van der Waals surface area contributed by atoms with E-state index in [9.17, 15) is 14.4 Å². The lowest BCUT2D eigenvalue weighted by Crippen LogP contribution is -2.47. The molecule has 2 aliphatic heterocycles. The normalized spacial score (nSPS) is 15.7. The Hall–Kier alpha value is -4.11. The topological polar surface area (TPSA) is 92.5 Å². The van der Waals surface area contributed by atoms with Gasteiger partial charge in [-0.3, -0.25) is 19.3 Å². The van der Waals surface area contributed by atoms with Gasteiger partial charge in [0.2, 0.25) is 0 Å². The van der Waals surface area contributed by atoms with Gasteiger partial charge < -0.3 is 23.7 Å². The van der Waals surface area contributed by atoms with Crippen molar-refractivity contribution in [3.05, 3.63) is 77.2 Å². The van der Waals surface area contributed by atoms with E-state index >= 15 is 0 Å². The molecule has 0 saturated carbocycles. The minimum absolute atomic E-state index is 0.114. The summed E-state index contributed by atoms with van der Waals surface area (Å²) < 4.78 is 17.2. The summed E-state index contributed by atoms with van der Waals surface area (Å²) in [6.45, 7) is 4.84. The highest BCUT2D eigenvalue weighted by atomic mass is 16.5. The van der Waals surface area contributed by atoms with E-state index in [1.165, 1.54) is 4.90 Å². The summed E-state index contributed by atoms with van der Waals surface area (Å²) in [5, 5.41) is 0. The van der Waals surface area contributed by atoms with Crippen molar-refractivity contribution in [2.45, 2.75) is 19.9 Å². The summed E-state index contributed by atoms with van der Waals surface area (Å²) in [7, 11) is 2.03. The number of nitrogens with zero attached hydrogens (tertiary/aromatic N) is 3. The molecule has 198 valence electrons. The van der Waals surface area contributed by atoms with Gasteiger partial charge in [-0.1, -0.05) is 19.1 Å². The highest BCUT2D eigenvalue weighted by molar-refractivity contribution is 6.02. The Morgan fingerprint density at radius 3 is 2.61 bits per heavy atom. The van der Waals surface area contributed by atoms with Gasteiger partial charge in [0.15, 0.2) is 24.8 Å². The standard InChI is InChI=1S/C29H31N3O6/c1-3-20-5-4-6-22(15-20)36-18-25(33)21-7-9-26-24(16-21)32(28(34)19-37-26)17-23-8-10-27(38-23)29(35)31-13-11-30(2)12-14-31/h4-10,15-16H,3,11-14,17-19H2,1-2H3. The third-order valence-corrected chi connectivity index (χ3v) is 6.88. The fraction of sp³-hybridized carbons (Fsp3) is 0.345. The van der Waals surface area contributed by atoms with Gasteiger partial charge in [-0.25, -0.2) is 0 Å². The number of ketones is 1. The number of ether oxygens (including phenoxy) is 2. The molecule has 9 heteroatoms. The molecule has 0 unspecified atom stereocenters. The number of benzene rings is 2. The van der Waals surface area contributed by atoms with Crippen LogP contribution >= 0.6 is 0 Å². The first-order valence-electron chi connectivity index (χ1n) is 12.8. The average molecular weight is 518 g/mol. The molecule has 0 bridgehead atoms. The Balaban J connectivity index is 1.29. The first-order valence-corrected chi connectivity index (χ1v) is 12.8. The number of aryl methyl sites for hydroxylation is 1. The van der Waals surface area contributed by atoms with Crippen molar-refractivity contribution in [2.24, 2.45) is 0 Å². The number of furan rings is 1. The molecule has 0 spiro atoms. The van der Waals surface area contributed by atoms with Gasteiger partial charge in [-0.05, 0) is 61.5 Å².